The van der Waals surface area contributed by atoms with E-state index in [2.05, 4.69) is 15.5 Å². The van der Waals surface area contributed by atoms with Crippen LogP contribution < -0.4 is 10.1 Å². The Morgan fingerprint density at radius 3 is 2.96 bits per heavy atom. The minimum atomic E-state index is -0.0121. The van der Waals surface area contributed by atoms with Crippen LogP contribution in [0.15, 0.2) is 36.7 Å². The Labute approximate surface area is 135 Å². The molecule has 0 saturated heterocycles. The molecule has 6 nitrogen and oxygen atoms in total. The fourth-order valence-electron chi connectivity index (χ4n) is 2.60. The van der Waals surface area contributed by atoms with Crippen molar-refractivity contribution in [1.82, 2.24) is 20.4 Å². The summed E-state index contributed by atoms with van der Waals surface area (Å²) in [7, 11) is 1.66. The second kappa shape index (κ2) is 7.17. The van der Waals surface area contributed by atoms with E-state index in [0.717, 1.165) is 36.1 Å². The zero-order valence-electron chi connectivity index (χ0n) is 13.3. The largest absolute Gasteiger partial charge is 0.496 e. The molecule has 2 aromatic rings. The second-order valence-electron chi connectivity index (χ2n) is 5.76. The maximum Gasteiger partial charge on any atom is 0.317 e. The van der Waals surface area contributed by atoms with Crippen molar-refractivity contribution < 1.29 is 9.53 Å². The number of H-pyrrole nitrogens is 1. The maximum atomic E-state index is 12.5. The number of nitrogens with zero attached hydrogens (tertiary/aromatic N) is 2. The van der Waals surface area contributed by atoms with E-state index < -0.39 is 0 Å². The molecule has 0 spiro atoms. The molecule has 0 aliphatic heterocycles. The van der Waals surface area contributed by atoms with Gasteiger partial charge in [0.05, 0.1) is 19.9 Å². The third-order valence-corrected chi connectivity index (χ3v) is 4.03. The molecule has 2 N–H and O–H groups in total. The summed E-state index contributed by atoms with van der Waals surface area (Å²) < 4.78 is 5.39. The molecule has 1 heterocycles. The molecular weight excluding hydrogens is 292 g/mol. The van der Waals surface area contributed by atoms with Crippen molar-refractivity contribution in [2.45, 2.75) is 31.8 Å². The highest BCUT2D eigenvalue weighted by atomic mass is 16.5. The summed E-state index contributed by atoms with van der Waals surface area (Å²) >= 11 is 0. The Kier molecular flexibility index (Phi) is 4.80. The van der Waals surface area contributed by atoms with Crippen molar-refractivity contribution in [3.05, 3.63) is 47.8 Å². The predicted octanol–water partition coefficient (Wildman–Crippen LogP) is 2.33. The van der Waals surface area contributed by atoms with E-state index >= 15 is 0 Å². The Bertz CT molecular complexity index is 638. The lowest BCUT2D eigenvalue weighted by molar-refractivity contribution is 0.191. The number of aromatic nitrogens is 2. The Morgan fingerprint density at radius 2 is 2.26 bits per heavy atom. The molecule has 1 fully saturated rings. The van der Waals surface area contributed by atoms with Crippen LogP contribution in [0.2, 0.25) is 0 Å². The minimum Gasteiger partial charge on any atom is -0.496 e. The molecule has 3 rings (SSSR count). The molecule has 0 bridgehead atoms. The van der Waals surface area contributed by atoms with Crippen molar-refractivity contribution >= 4 is 6.03 Å². The van der Waals surface area contributed by atoms with Crippen LogP contribution in [0.3, 0.4) is 0 Å². The topological polar surface area (TPSA) is 70.2 Å². The van der Waals surface area contributed by atoms with Crippen LogP contribution in [0.1, 0.15) is 24.0 Å². The molecule has 23 heavy (non-hydrogen) atoms. The van der Waals surface area contributed by atoms with Crippen LogP contribution in [0.5, 0.6) is 5.75 Å². The first-order chi connectivity index (χ1) is 11.3. The number of benzene rings is 1. The minimum absolute atomic E-state index is 0.0121. The highest BCUT2D eigenvalue weighted by Gasteiger charge is 2.32. The first kappa shape index (κ1) is 15.4. The summed E-state index contributed by atoms with van der Waals surface area (Å²) in [6.45, 7) is 1.18. The molecule has 1 saturated carbocycles. The molecule has 1 aliphatic rings. The summed E-state index contributed by atoms with van der Waals surface area (Å²) in [6, 6.07) is 8.18. The fourth-order valence-corrected chi connectivity index (χ4v) is 2.60. The van der Waals surface area contributed by atoms with Gasteiger partial charge in [-0.2, -0.15) is 5.10 Å². The van der Waals surface area contributed by atoms with Gasteiger partial charge in [-0.05, 0) is 30.9 Å². The van der Waals surface area contributed by atoms with Gasteiger partial charge in [0.2, 0.25) is 0 Å². The number of amides is 2. The average Bonchev–Trinajstić information content (AvgIpc) is 3.28. The van der Waals surface area contributed by atoms with Crippen LogP contribution in [0.4, 0.5) is 4.79 Å². The molecule has 0 atom stereocenters. The zero-order valence-corrected chi connectivity index (χ0v) is 13.3. The third-order valence-electron chi connectivity index (χ3n) is 4.03. The number of methoxy groups -OCH3 is 1. The third kappa shape index (κ3) is 4.03. The number of urea groups is 1. The van der Waals surface area contributed by atoms with Crippen LogP contribution in [-0.2, 0) is 13.0 Å². The first-order valence-corrected chi connectivity index (χ1v) is 7.92. The normalized spacial score (nSPS) is 13.6. The molecule has 122 valence electrons. The molecule has 6 heteroatoms. The molecule has 1 aromatic carbocycles. The van der Waals surface area contributed by atoms with Crippen LogP contribution >= 0.6 is 0 Å². The van der Waals surface area contributed by atoms with Crippen molar-refractivity contribution in [3.63, 3.8) is 0 Å². The van der Waals surface area contributed by atoms with Gasteiger partial charge in [0, 0.05) is 24.3 Å². The lowest BCUT2D eigenvalue weighted by atomic mass is 10.2. The number of hydrogen-bond donors (Lipinski definition) is 2. The number of para-hydroxylation sites is 1. The standard InChI is InChI=1S/C17H22N4O2/c1-23-16-5-3-2-4-14(16)12-21(15-6-7-15)17(22)18-9-8-13-10-19-20-11-13/h2-5,10-11,15H,6-9,12H2,1H3,(H,18,22)(H,19,20). The van der Waals surface area contributed by atoms with Gasteiger partial charge >= 0.3 is 6.03 Å². The van der Waals surface area contributed by atoms with E-state index in [1.54, 1.807) is 13.3 Å². The Balaban J connectivity index is 1.58. The number of aromatic amines is 1. The fraction of sp³-hybridized carbons (Fsp3) is 0.412. The zero-order chi connectivity index (χ0) is 16.1. The van der Waals surface area contributed by atoms with E-state index in [4.69, 9.17) is 4.74 Å². The molecule has 0 unspecified atom stereocenters. The van der Waals surface area contributed by atoms with Gasteiger partial charge < -0.3 is 15.0 Å². The molecule has 1 aromatic heterocycles. The van der Waals surface area contributed by atoms with Crippen molar-refractivity contribution in [2.24, 2.45) is 0 Å². The Morgan fingerprint density at radius 1 is 1.43 bits per heavy atom. The van der Waals surface area contributed by atoms with Gasteiger partial charge in [0.1, 0.15) is 5.75 Å². The van der Waals surface area contributed by atoms with E-state index in [-0.39, 0.29) is 6.03 Å². The van der Waals surface area contributed by atoms with Gasteiger partial charge in [-0.25, -0.2) is 4.79 Å². The van der Waals surface area contributed by atoms with Crippen LogP contribution in [0.25, 0.3) is 0 Å². The van der Waals surface area contributed by atoms with Gasteiger partial charge in [-0.1, -0.05) is 18.2 Å². The lowest BCUT2D eigenvalue weighted by Gasteiger charge is -2.24. The number of rotatable bonds is 7. The number of nitrogens with one attached hydrogen (secondary N) is 2. The van der Waals surface area contributed by atoms with Crippen molar-refractivity contribution in [2.75, 3.05) is 13.7 Å². The summed E-state index contributed by atoms with van der Waals surface area (Å²) in [5, 5.41) is 9.69. The van der Waals surface area contributed by atoms with E-state index in [1.807, 2.05) is 35.4 Å². The van der Waals surface area contributed by atoms with Gasteiger partial charge in [0.15, 0.2) is 0 Å². The van der Waals surface area contributed by atoms with Crippen LogP contribution in [-0.4, -0.2) is 40.8 Å². The van der Waals surface area contributed by atoms with E-state index in [0.29, 0.717) is 19.1 Å². The summed E-state index contributed by atoms with van der Waals surface area (Å²) in [5.41, 5.74) is 2.12. The number of carbonyl (C=O) groups is 1. The lowest BCUT2D eigenvalue weighted by Crippen LogP contribution is -2.41. The molecule has 1 aliphatic carbocycles. The van der Waals surface area contributed by atoms with Gasteiger partial charge in [0.25, 0.3) is 0 Å². The molecular formula is C17H22N4O2. The van der Waals surface area contributed by atoms with E-state index in [9.17, 15) is 4.79 Å². The highest BCUT2D eigenvalue weighted by Crippen LogP contribution is 2.30. The van der Waals surface area contributed by atoms with Crippen molar-refractivity contribution in [3.8, 4) is 5.75 Å². The smallest absolute Gasteiger partial charge is 0.317 e. The summed E-state index contributed by atoms with van der Waals surface area (Å²) in [6.07, 6.45) is 6.54. The maximum absolute atomic E-state index is 12.5. The number of ether oxygens (including phenoxy) is 1. The summed E-state index contributed by atoms with van der Waals surface area (Å²) in [4.78, 5) is 14.4. The number of carbonyl (C=O) groups excluding carboxylic acids is 1. The monoisotopic (exact) mass is 314 g/mol. The second-order valence-corrected chi connectivity index (χ2v) is 5.76. The number of hydrogen-bond acceptors (Lipinski definition) is 3. The SMILES string of the molecule is COc1ccccc1CN(C(=O)NCCc1cn[nH]c1)C1CC1. The average molecular weight is 314 g/mol. The predicted molar refractivity (Wildman–Crippen MR) is 87.2 cm³/mol. The Hall–Kier alpha value is -2.50. The molecule has 2 amide bonds. The van der Waals surface area contributed by atoms with E-state index in [1.165, 1.54) is 0 Å². The molecule has 0 radical (unpaired) electrons. The van der Waals surface area contributed by atoms with Crippen molar-refractivity contribution in [1.29, 1.82) is 0 Å². The van der Waals surface area contributed by atoms with Crippen LogP contribution in [0, 0.1) is 0 Å². The van der Waals surface area contributed by atoms with Gasteiger partial charge in [-0.15, -0.1) is 0 Å². The first-order valence-electron chi connectivity index (χ1n) is 7.92. The van der Waals surface area contributed by atoms with Gasteiger partial charge in [-0.3, -0.25) is 5.10 Å². The summed E-state index contributed by atoms with van der Waals surface area (Å²) in [5.74, 6) is 0.823. The highest BCUT2D eigenvalue weighted by molar-refractivity contribution is 5.75. The quantitative estimate of drug-likeness (QED) is 0.824.